The lowest BCUT2D eigenvalue weighted by atomic mass is 9.51. The molecule has 0 aromatic heterocycles. The van der Waals surface area contributed by atoms with Crippen molar-refractivity contribution >= 4 is 17.7 Å². The topological polar surface area (TPSA) is 69.7 Å². The molecule has 1 saturated carbocycles. The summed E-state index contributed by atoms with van der Waals surface area (Å²) in [7, 11) is 1.58. The minimum absolute atomic E-state index is 0.0544. The van der Waals surface area contributed by atoms with Crippen LogP contribution < -0.4 is 5.32 Å². The SMILES string of the molecule is CN1C(=O)[C@H]2[C@H]3CC[C@@]4([C@H]5CNC[C@H](C5)CN4C3=O)[C@H]2C1=O. The first-order chi connectivity index (χ1) is 10.6. The summed E-state index contributed by atoms with van der Waals surface area (Å²) >= 11 is 0. The van der Waals surface area contributed by atoms with Gasteiger partial charge in [-0.15, -0.1) is 0 Å². The van der Waals surface area contributed by atoms with E-state index in [1.165, 1.54) is 4.90 Å². The largest absolute Gasteiger partial charge is 0.335 e. The second kappa shape index (κ2) is 3.91. The molecule has 5 aliphatic heterocycles. The summed E-state index contributed by atoms with van der Waals surface area (Å²) in [5.41, 5.74) is -0.405. The highest BCUT2D eigenvalue weighted by Crippen LogP contribution is 2.60. The molecular weight excluding hydrogens is 282 g/mol. The van der Waals surface area contributed by atoms with Gasteiger partial charge in [0, 0.05) is 20.1 Å². The van der Waals surface area contributed by atoms with E-state index in [1.807, 2.05) is 4.90 Å². The van der Waals surface area contributed by atoms with Crippen LogP contribution in [0.15, 0.2) is 0 Å². The lowest BCUT2D eigenvalue weighted by Crippen LogP contribution is -2.77. The number of carbonyl (C=O) groups is 3. The van der Waals surface area contributed by atoms with E-state index in [9.17, 15) is 14.4 Å². The number of rotatable bonds is 0. The van der Waals surface area contributed by atoms with Gasteiger partial charge in [-0.1, -0.05) is 0 Å². The van der Waals surface area contributed by atoms with E-state index in [1.54, 1.807) is 7.05 Å². The number of imide groups is 1. The van der Waals surface area contributed by atoms with Gasteiger partial charge in [-0.2, -0.15) is 0 Å². The van der Waals surface area contributed by atoms with Gasteiger partial charge < -0.3 is 10.2 Å². The molecular formula is C16H21N3O3. The Labute approximate surface area is 129 Å². The average Bonchev–Trinajstić information content (AvgIpc) is 2.76. The van der Waals surface area contributed by atoms with Gasteiger partial charge in [0.25, 0.3) is 0 Å². The Morgan fingerprint density at radius 1 is 1.14 bits per heavy atom. The molecule has 6 rings (SSSR count). The summed E-state index contributed by atoms with van der Waals surface area (Å²) in [6.45, 7) is 2.58. The number of piperidine rings is 4. The summed E-state index contributed by atoms with van der Waals surface area (Å²) < 4.78 is 0. The minimum Gasteiger partial charge on any atom is -0.335 e. The molecule has 0 unspecified atom stereocenters. The van der Waals surface area contributed by atoms with E-state index < -0.39 is 11.5 Å². The van der Waals surface area contributed by atoms with Gasteiger partial charge >= 0.3 is 0 Å². The molecule has 1 spiro atoms. The van der Waals surface area contributed by atoms with Gasteiger partial charge in [-0.05, 0) is 37.6 Å². The highest BCUT2D eigenvalue weighted by molar-refractivity contribution is 6.09. The van der Waals surface area contributed by atoms with E-state index >= 15 is 0 Å². The Morgan fingerprint density at radius 3 is 2.77 bits per heavy atom. The normalized spacial score (nSPS) is 49.5. The van der Waals surface area contributed by atoms with Gasteiger partial charge in [-0.3, -0.25) is 19.3 Å². The van der Waals surface area contributed by atoms with Crippen molar-refractivity contribution < 1.29 is 14.4 Å². The van der Waals surface area contributed by atoms with E-state index in [0.717, 1.165) is 38.9 Å². The molecule has 6 fully saturated rings. The predicted molar refractivity (Wildman–Crippen MR) is 76.4 cm³/mol. The minimum atomic E-state index is -0.405. The molecule has 6 nitrogen and oxygen atoms in total. The van der Waals surface area contributed by atoms with Crippen LogP contribution in [-0.2, 0) is 14.4 Å². The zero-order chi connectivity index (χ0) is 15.2. The first-order valence-electron chi connectivity index (χ1n) is 8.39. The second-order valence-corrected chi connectivity index (χ2v) is 7.78. The third kappa shape index (κ3) is 1.22. The highest BCUT2D eigenvalue weighted by Gasteiger charge is 2.72. The zero-order valence-electron chi connectivity index (χ0n) is 12.7. The molecule has 5 saturated heterocycles. The zero-order valence-corrected chi connectivity index (χ0v) is 12.7. The van der Waals surface area contributed by atoms with E-state index in [2.05, 4.69) is 5.32 Å². The van der Waals surface area contributed by atoms with Crippen molar-refractivity contribution in [1.82, 2.24) is 15.1 Å². The number of nitrogens with zero attached hydrogens (tertiary/aromatic N) is 2. The number of hydrogen-bond donors (Lipinski definition) is 1. The number of likely N-dealkylation sites (tertiary alicyclic amines) is 1. The Balaban J connectivity index is 1.69. The van der Waals surface area contributed by atoms with Crippen LogP contribution in [0.1, 0.15) is 19.3 Å². The monoisotopic (exact) mass is 303 g/mol. The van der Waals surface area contributed by atoms with Crippen LogP contribution in [0.4, 0.5) is 0 Å². The highest BCUT2D eigenvalue weighted by atomic mass is 16.2. The Hall–Kier alpha value is -1.43. The number of carbonyl (C=O) groups excluding carboxylic acids is 3. The molecule has 3 amide bonds. The van der Waals surface area contributed by atoms with Crippen LogP contribution in [0.25, 0.3) is 0 Å². The van der Waals surface area contributed by atoms with Gasteiger partial charge in [0.2, 0.25) is 17.7 Å². The lowest BCUT2D eigenvalue weighted by Gasteiger charge is -2.65. The molecule has 118 valence electrons. The molecule has 6 atom stereocenters. The molecule has 4 bridgehead atoms. The van der Waals surface area contributed by atoms with Crippen molar-refractivity contribution in [1.29, 1.82) is 0 Å². The molecule has 6 heteroatoms. The van der Waals surface area contributed by atoms with Crippen molar-refractivity contribution in [3.63, 3.8) is 0 Å². The quantitative estimate of drug-likeness (QED) is 0.610. The molecule has 0 aromatic rings. The maximum Gasteiger partial charge on any atom is 0.235 e. The number of amides is 3. The van der Waals surface area contributed by atoms with Crippen LogP contribution >= 0.6 is 0 Å². The van der Waals surface area contributed by atoms with E-state index in [0.29, 0.717) is 11.8 Å². The fourth-order valence-corrected chi connectivity index (χ4v) is 6.22. The first-order valence-corrected chi connectivity index (χ1v) is 8.39. The summed E-state index contributed by atoms with van der Waals surface area (Å²) in [6.07, 6.45) is 2.73. The molecule has 0 aromatic carbocycles. The van der Waals surface area contributed by atoms with Crippen molar-refractivity contribution in [2.45, 2.75) is 24.8 Å². The molecule has 1 aliphatic carbocycles. The smallest absolute Gasteiger partial charge is 0.235 e. The first kappa shape index (κ1) is 13.0. The molecule has 1 N–H and O–H groups in total. The summed E-state index contributed by atoms with van der Waals surface area (Å²) in [5, 5.41) is 3.48. The number of hydrogen-bond acceptors (Lipinski definition) is 4. The van der Waals surface area contributed by atoms with Crippen LogP contribution in [0.2, 0.25) is 0 Å². The van der Waals surface area contributed by atoms with Crippen molar-refractivity contribution in [2.24, 2.45) is 29.6 Å². The van der Waals surface area contributed by atoms with Crippen LogP contribution in [0.5, 0.6) is 0 Å². The third-order valence-corrected chi connectivity index (χ3v) is 7.07. The number of fused-ring (bicyclic) bond motifs is 3. The number of nitrogens with one attached hydrogen (secondary N) is 1. The fourth-order valence-electron chi connectivity index (χ4n) is 6.22. The fraction of sp³-hybridized carbons (Fsp3) is 0.812. The van der Waals surface area contributed by atoms with Crippen LogP contribution in [0, 0.1) is 29.6 Å². The molecule has 22 heavy (non-hydrogen) atoms. The van der Waals surface area contributed by atoms with E-state index in [-0.39, 0.29) is 29.6 Å². The summed E-state index contributed by atoms with van der Waals surface area (Å²) in [6, 6.07) is 0. The van der Waals surface area contributed by atoms with Gasteiger partial charge in [0.05, 0.1) is 23.3 Å². The Bertz CT molecular complexity index is 605. The predicted octanol–water partition coefficient (Wildman–Crippen LogP) is -0.552. The summed E-state index contributed by atoms with van der Waals surface area (Å²) in [5.74, 6) is -0.197. The van der Waals surface area contributed by atoms with Gasteiger partial charge in [-0.25, -0.2) is 0 Å². The molecule has 5 heterocycles. The Kier molecular flexibility index (Phi) is 2.32. The van der Waals surface area contributed by atoms with Crippen molar-refractivity contribution in [3.05, 3.63) is 0 Å². The van der Waals surface area contributed by atoms with Gasteiger partial charge in [0.1, 0.15) is 0 Å². The standard InChI is InChI=1S/C16H21N3O3/c1-18-14(21)11-10-2-3-16(12(11)15(18)22)9-4-8(5-17-6-9)7-19(16)13(10)20/h8-12,17H,2-7H2,1H3/t8-,9+,10+,11-,12+,16+/m0/s1. The molecule has 6 aliphatic rings. The Morgan fingerprint density at radius 2 is 1.95 bits per heavy atom. The lowest BCUT2D eigenvalue weighted by molar-refractivity contribution is -0.195. The maximum atomic E-state index is 13.0. The van der Waals surface area contributed by atoms with E-state index in [4.69, 9.17) is 0 Å². The molecule has 0 radical (unpaired) electrons. The third-order valence-electron chi connectivity index (χ3n) is 7.07. The van der Waals surface area contributed by atoms with Crippen LogP contribution in [0.3, 0.4) is 0 Å². The van der Waals surface area contributed by atoms with Crippen LogP contribution in [-0.4, -0.2) is 59.7 Å². The second-order valence-electron chi connectivity index (χ2n) is 7.78. The summed E-state index contributed by atoms with van der Waals surface area (Å²) in [4.78, 5) is 41.6. The van der Waals surface area contributed by atoms with Gasteiger partial charge in [0.15, 0.2) is 0 Å². The maximum absolute atomic E-state index is 13.0. The average molecular weight is 303 g/mol. The van der Waals surface area contributed by atoms with Crippen molar-refractivity contribution in [3.8, 4) is 0 Å². The van der Waals surface area contributed by atoms with Crippen molar-refractivity contribution in [2.75, 3.05) is 26.7 Å².